The fraction of sp³-hybridized carbons (Fsp3) is 0.250. The lowest BCUT2D eigenvalue weighted by atomic mass is 9.93. The van der Waals surface area contributed by atoms with Gasteiger partial charge in [0, 0.05) is 23.5 Å². The van der Waals surface area contributed by atoms with Crippen LogP contribution >= 0.6 is 27.5 Å². The van der Waals surface area contributed by atoms with E-state index in [4.69, 9.17) is 15.9 Å². The van der Waals surface area contributed by atoms with E-state index in [-0.39, 0.29) is 10.8 Å². The summed E-state index contributed by atoms with van der Waals surface area (Å²) in [6.07, 6.45) is 0. The highest BCUT2D eigenvalue weighted by atomic mass is 79.9. The topological polar surface area (TPSA) is 46.6 Å². The molecule has 1 heterocycles. The molecule has 0 bridgehead atoms. The fourth-order valence-electron chi connectivity index (χ4n) is 2.36. The van der Waals surface area contributed by atoms with E-state index in [1.807, 2.05) is 25.1 Å². The predicted molar refractivity (Wildman–Crippen MR) is 92.9 cm³/mol. The quantitative estimate of drug-likeness (QED) is 0.752. The molecule has 1 aliphatic heterocycles. The van der Waals surface area contributed by atoms with Crippen molar-refractivity contribution < 1.29 is 12.7 Å². The highest BCUT2D eigenvalue weighted by Gasteiger charge is 2.33. The average molecular weight is 417 g/mol. The van der Waals surface area contributed by atoms with Crippen LogP contribution in [-0.4, -0.2) is 26.6 Å². The van der Waals surface area contributed by atoms with Crippen LogP contribution < -0.4 is 0 Å². The van der Waals surface area contributed by atoms with E-state index < -0.39 is 10.1 Å². The summed E-state index contributed by atoms with van der Waals surface area (Å²) in [6, 6.07) is 12.4. The van der Waals surface area contributed by atoms with Crippen LogP contribution in [0.2, 0.25) is 5.02 Å². The highest BCUT2D eigenvalue weighted by molar-refractivity contribution is 9.10. The third kappa shape index (κ3) is 3.78. The van der Waals surface area contributed by atoms with Crippen LogP contribution in [0.4, 0.5) is 0 Å². The van der Waals surface area contributed by atoms with Crippen LogP contribution in [0.25, 0.3) is 0 Å². The summed E-state index contributed by atoms with van der Waals surface area (Å²) in [5.41, 5.74) is 2.07. The molecule has 3 rings (SSSR count). The molecule has 0 aromatic heterocycles. The minimum atomic E-state index is -3.77. The van der Waals surface area contributed by atoms with E-state index >= 15 is 0 Å². The first-order valence-electron chi connectivity index (χ1n) is 7.06. The molecular weight excluding hydrogens is 402 g/mol. The molecule has 0 spiro atoms. The molecule has 1 aliphatic rings. The molecule has 4 nitrogen and oxygen atoms in total. The lowest BCUT2D eigenvalue weighted by molar-refractivity contribution is -0.114. The van der Waals surface area contributed by atoms with Crippen molar-refractivity contribution in [3.05, 3.63) is 63.1 Å². The summed E-state index contributed by atoms with van der Waals surface area (Å²) >= 11 is 9.44. The molecule has 2 aromatic carbocycles. The van der Waals surface area contributed by atoms with Crippen molar-refractivity contribution in [2.45, 2.75) is 17.7 Å². The van der Waals surface area contributed by atoms with Gasteiger partial charge in [-0.25, -0.2) is 0 Å². The summed E-state index contributed by atoms with van der Waals surface area (Å²) < 4.78 is 30.4. The second-order valence-electron chi connectivity index (χ2n) is 5.56. The Morgan fingerprint density at radius 2 is 1.83 bits per heavy atom. The molecule has 122 valence electrons. The van der Waals surface area contributed by atoms with Gasteiger partial charge in [0.25, 0.3) is 0 Å². The molecular formula is C16H15BrClNO3S. The van der Waals surface area contributed by atoms with Crippen LogP contribution in [0, 0.1) is 6.92 Å². The van der Waals surface area contributed by atoms with E-state index in [0.717, 1.165) is 15.6 Å². The van der Waals surface area contributed by atoms with E-state index in [1.54, 1.807) is 24.3 Å². The van der Waals surface area contributed by atoms with Gasteiger partial charge in [-0.3, -0.25) is 0 Å². The number of rotatable bonds is 4. The molecule has 0 unspecified atom stereocenters. The second-order valence-corrected chi connectivity index (χ2v) is 8.35. The Bertz CT molecular complexity index is 818. The SMILES string of the molecule is Cc1ccc(S(=O)(=O)ON2CC(c3ccc(Br)c(Cl)c3)C2)cc1. The predicted octanol–water partition coefficient (Wildman–Crippen LogP) is 4.13. The van der Waals surface area contributed by atoms with Gasteiger partial charge in [-0.2, -0.15) is 17.8 Å². The Morgan fingerprint density at radius 3 is 2.43 bits per heavy atom. The number of hydrogen-bond donors (Lipinski definition) is 0. The van der Waals surface area contributed by atoms with Crippen LogP contribution in [0.5, 0.6) is 0 Å². The van der Waals surface area contributed by atoms with Crippen molar-refractivity contribution in [3.8, 4) is 0 Å². The Kier molecular flexibility index (Phi) is 4.80. The zero-order chi connectivity index (χ0) is 16.6. The maximum absolute atomic E-state index is 12.2. The Labute approximate surface area is 149 Å². The fourth-order valence-corrected chi connectivity index (χ4v) is 3.75. The summed E-state index contributed by atoms with van der Waals surface area (Å²) in [6.45, 7) is 2.94. The molecule has 0 saturated carbocycles. The average Bonchev–Trinajstić information content (AvgIpc) is 2.46. The molecule has 0 radical (unpaired) electrons. The van der Waals surface area contributed by atoms with Gasteiger partial charge in [0.1, 0.15) is 0 Å². The summed E-state index contributed by atoms with van der Waals surface area (Å²) in [5.74, 6) is 0.216. The molecule has 0 amide bonds. The van der Waals surface area contributed by atoms with Gasteiger partial charge in [-0.15, -0.1) is 0 Å². The summed E-state index contributed by atoms with van der Waals surface area (Å²) in [7, 11) is -3.77. The number of hydroxylamine groups is 2. The van der Waals surface area contributed by atoms with Crippen molar-refractivity contribution in [2.24, 2.45) is 0 Å². The van der Waals surface area contributed by atoms with E-state index in [2.05, 4.69) is 15.9 Å². The number of halogens is 2. The van der Waals surface area contributed by atoms with Crippen molar-refractivity contribution in [2.75, 3.05) is 13.1 Å². The molecule has 1 fully saturated rings. The third-order valence-corrected chi connectivity index (χ3v) is 6.27. The molecule has 0 aliphatic carbocycles. The molecule has 7 heteroatoms. The smallest absolute Gasteiger partial charge is 0.192 e. The standard InChI is InChI=1S/C16H15BrClNO3S/c1-11-2-5-14(6-3-11)23(20,21)22-19-9-13(10-19)12-4-7-15(17)16(18)8-12/h2-8,13H,9-10H2,1H3. The zero-order valence-corrected chi connectivity index (χ0v) is 15.5. The molecule has 23 heavy (non-hydrogen) atoms. The van der Waals surface area contributed by atoms with Gasteiger partial charge in [0.15, 0.2) is 0 Å². The number of nitrogens with zero attached hydrogens (tertiary/aromatic N) is 1. The van der Waals surface area contributed by atoms with Gasteiger partial charge >= 0.3 is 10.1 Å². The zero-order valence-electron chi connectivity index (χ0n) is 12.4. The van der Waals surface area contributed by atoms with Gasteiger partial charge in [-0.1, -0.05) is 35.4 Å². The van der Waals surface area contributed by atoms with Crippen molar-refractivity contribution >= 4 is 37.6 Å². The van der Waals surface area contributed by atoms with Gasteiger partial charge in [0.05, 0.1) is 9.92 Å². The van der Waals surface area contributed by atoms with Crippen LogP contribution in [0.1, 0.15) is 17.0 Å². The molecule has 2 aromatic rings. The minimum Gasteiger partial charge on any atom is -0.192 e. The van der Waals surface area contributed by atoms with Crippen molar-refractivity contribution in [3.63, 3.8) is 0 Å². The first-order chi connectivity index (χ1) is 10.8. The normalized spacial score (nSPS) is 16.3. The first-order valence-corrected chi connectivity index (χ1v) is 9.64. The highest BCUT2D eigenvalue weighted by Crippen LogP contribution is 2.32. The summed E-state index contributed by atoms with van der Waals surface area (Å²) in [5, 5.41) is 2.10. The second kappa shape index (κ2) is 6.53. The van der Waals surface area contributed by atoms with Gasteiger partial charge in [0.2, 0.25) is 0 Å². The van der Waals surface area contributed by atoms with Crippen LogP contribution in [0.15, 0.2) is 51.8 Å². The lowest BCUT2D eigenvalue weighted by Gasteiger charge is -2.37. The Hall–Kier alpha value is -0.920. The Morgan fingerprint density at radius 1 is 1.17 bits per heavy atom. The Balaban J connectivity index is 1.63. The maximum Gasteiger partial charge on any atom is 0.313 e. The van der Waals surface area contributed by atoms with Crippen molar-refractivity contribution in [1.82, 2.24) is 5.06 Å². The lowest BCUT2D eigenvalue weighted by Crippen LogP contribution is -2.45. The molecule has 0 atom stereocenters. The third-order valence-electron chi connectivity index (χ3n) is 3.78. The van der Waals surface area contributed by atoms with E-state index in [1.165, 1.54) is 5.06 Å². The van der Waals surface area contributed by atoms with E-state index in [0.29, 0.717) is 18.1 Å². The number of aryl methyl sites for hydroxylation is 1. The largest absolute Gasteiger partial charge is 0.313 e. The van der Waals surface area contributed by atoms with Crippen LogP contribution in [-0.2, 0) is 14.4 Å². The minimum absolute atomic E-state index is 0.165. The van der Waals surface area contributed by atoms with Crippen LogP contribution in [0.3, 0.4) is 0 Å². The molecule has 1 saturated heterocycles. The number of benzene rings is 2. The molecule has 0 N–H and O–H groups in total. The van der Waals surface area contributed by atoms with Crippen molar-refractivity contribution in [1.29, 1.82) is 0 Å². The first kappa shape index (κ1) is 16.9. The maximum atomic E-state index is 12.2. The summed E-state index contributed by atoms with van der Waals surface area (Å²) in [4.78, 5) is 0.165. The van der Waals surface area contributed by atoms with Gasteiger partial charge in [-0.05, 0) is 52.7 Å². The number of hydrogen-bond acceptors (Lipinski definition) is 4. The van der Waals surface area contributed by atoms with Gasteiger partial charge < -0.3 is 0 Å². The van der Waals surface area contributed by atoms with E-state index in [9.17, 15) is 8.42 Å². The monoisotopic (exact) mass is 415 g/mol.